The maximum Gasteiger partial charge on any atom is 0.0373 e. The molecule has 1 saturated heterocycles. The van der Waals surface area contributed by atoms with Gasteiger partial charge < -0.3 is 10.2 Å². The Labute approximate surface area is 118 Å². The average Bonchev–Trinajstić information content (AvgIpc) is 3.20. The Bertz CT molecular complexity index is 573. The summed E-state index contributed by atoms with van der Waals surface area (Å²) in [5.74, 6) is 0.936. The molecule has 1 aromatic heterocycles. The normalized spacial score (nSPS) is 24.6. The maximum atomic E-state index is 3.74. The third kappa shape index (κ3) is 2.37. The molecule has 100 valence electrons. The first-order valence-electron chi connectivity index (χ1n) is 7.36. The van der Waals surface area contributed by atoms with Gasteiger partial charge in [0.25, 0.3) is 0 Å². The van der Waals surface area contributed by atoms with Crippen molar-refractivity contribution < 1.29 is 0 Å². The Morgan fingerprint density at radius 2 is 2.16 bits per heavy atom. The van der Waals surface area contributed by atoms with Crippen molar-refractivity contribution in [2.45, 2.75) is 25.3 Å². The maximum absolute atomic E-state index is 3.74. The van der Waals surface area contributed by atoms with Gasteiger partial charge in [0.05, 0.1) is 0 Å². The highest BCUT2D eigenvalue weighted by Gasteiger charge is 2.33. The van der Waals surface area contributed by atoms with Gasteiger partial charge in [-0.2, -0.15) is 0 Å². The molecule has 0 amide bonds. The fourth-order valence-corrected chi connectivity index (χ4v) is 3.92. The number of nitrogens with one attached hydrogen (secondary N) is 1. The molecule has 1 aliphatic heterocycles. The lowest BCUT2D eigenvalue weighted by molar-refractivity contribution is 0.490. The molecule has 0 spiro atoms. The monoisotopic (exact) mass is 272 g/mol. The van der Waals surface area contributed by atoms with E-state index in [1.54, 1.807) is 0 Å². The standard InChI is InChI=1S/C16H20N2S/c1-7-17-15(12-2-3-12)11-18(8-1)14-4-5-16-13(10-14)6-9-19-16/h4-6,9-10,12,15,17H,1-3,7-8,11H2. The highest BCUT2D eigenvalue weighted by Crippen LogP contribution is 2.34. The Morgan fingerprint density at radius 3 is 3.05 bits per heavy atom. The number of fused-ring (bicyclic) bond motifs is 1. The summed E-state index contributed by atoms with van der Waals surface area (Å²) in [6.45, 7) is 3.55. The lowest BCUT2D eigenvalue weighted by Gasteiger charge is -2.26. The predicted molar refractivity (Wildman–Crippen MR) is 83.2 cm³/mol. The van der Waals surface area contributed by atoms with Gasteiger partial charge in [0.1, 0.15) is 0 Å². The van der Waals surface area contributed by atoms with E-state index >= 15 is 0 Å². The van der Waals surface area contributed by atoms with E-state index in [4.69, 9.17) is 0 Å². The molecule has 1 unspecified atom stereocenters. The number of hydrogen-bond acceptors (Lipinski definition) is 3. The second-order valence-corrected chi connectivity index (χ2v) is 6.79. The van der Waals surface area contributed by atoms with E-state index < -0.39 is 0 Å². The van der Waals surface area contributed by atoms with Gasteiger partial charge in [-0.3, -0.25) is 0 Å². The first-order chi connectivity index (χ1) is 9.40. The van der Waals surface area contributed by atoms with Crippen LogP contribution in [0.5, 0.6) is 0 Å². The van der Waals surface area contributed by atoms with Gasteiger partial charge in [-0.15, -0.1) is 11.3 Å². The van der Waals surface area contributed by atoms with Crippen LogP contribution in [-0.2, 0) is 0 Å². The summed E-state index contributed by atoms with van der Waals surface area (Å²) < 4.78 is 1.40. The smallest absolute Gasteiger partial charge is 0.0373 e. The van der Waals surface area contributed by atoms with Crippen molar-refractivity contribution in [2.75, 3.05) is 24.5 Å². The number of thiophene rings is 1. The summed E-state index contributed by atoms with van der Waals surface area (Å²) in [5.41, 5.74) is 1.40. The molecule has 1 aromatic carbocycles. The van der Waals surface area contributed by atoms with Gasteiger partial charge >= 0.3 is 0 Å². The van der Waals surface area contributed by atoms with Gasteiger partial charge in [-0.05, 0) is 66.8 Å². The zero-order valence-electron chi connectivity index (χ0n) is 11.1. The number of benzene rings is 1. The topological polar surface area (TPSA) is 15.3 Å². The highest BCUT2D eigenvalue weighted by atomic mass is 32.1. The van der Waals surface area contributed by atoms with Crippen LogP contribution in [0.3, 0.4) is 0 Å². The highest BCUT2D eigenvalue weighted by molar-refractivity contribution is 7.17. The fourth-order valence-electron chi connectivity index (χ4n) is 3.15. The van der Waals surface area contributed by atoms with Crippen LogP contribution in [0.2, 0.25) is 0 Å². The lowest BCUT2D eigenvalue weighted by atomic mass is 10.1. The summed E-state index contributed by atoms with van der Waals surface area (Å²) in [7, 11) is 0. The number of rotatable bonds is 2. The molecule has 4 rings (SSSR count). The Kier molecular flexibility index (Phi) is 2.97. The van der Waals surface area contributed by atoms with E-state index in [2.05, 4.69) is 39.9 Å². The van der Waals surface area contributed by atoms with E-state index in [1.807, 2.05) is 11.3 Å². The quantitative estimate of drug-likeness (QED) is 0.900. The van der Waals surface area contributed by atoms with E-state index in [0.29, 0.717) is 6.04 Å². The molecule has 2 aliphatic rings. The molecule has 1 N–H and O–H groups in total. The molecular formula is C16H20N2S. The van der Waals surface area contributed by atoms with E-state index in [-0.39, 0.29) is 0 Å². The van der Waals surface area contributed by atoms with Gasteiger partial charge in [0.2, 0.25) is 0 Å². The van der Waals surface area contributed by atoms with E-state index in [0.717, 1.165) is 5.92 Å². The SMILES string of the molecule is c1cc2cc(N3CCCNC(C4CC4)C3)ccc2s1. The predicted octanol–water partition coefficient (Wildman–Crippen LogP) is 3.48. The van der Waals surface area contributed by atoms with Crippen molar-refractivity contribution >= 4 is 27.1 Å². The molecule has 2 fully saturated rings. The lowest BCUT2D eigenvalue weighted by Crippen LogP contribution is -2.39. The van der Waals surface area contributed by atoms with Gasteiger partial charge in [-0.25, -0.2) is 0 Å². The van der Waals surface area contributed by atoms with Crippen molar-refractivity contribution in [2.24, 2.45) is 5.92 Å². The van der Waals surface area contributed by atoms with Crippen molar-refractivity contribution in [3.05, 3.63) is 29.6 Å². The Balaban J connectivity index is 1.61. The van der Waals surface area contributed by atoms with Crippen LogP contribution in [0, 0.1) is 5.92 Å². The number of hydrogen-bond donors (Lipinski definition) is 1. The number of anilines is 1. The van der Waals surface area contributed by atoms with Crippen molar-refractivity contribution in [1.29, 1.82) is 0 Å². The summed E-state index contributed by atoms with van der Waals surface area (Å²) in [4.78, 5) is 2.58. The molecule has 0 bridgehead atoms. The van der Waals surface area contributed by atoms with Crippen LogP contribution in [-0.4, -0.2) is 25.7 Å². The molecule has 2 nitrogen and oxygen atoms in total. The van der Waals surface area contributed by atoms with Gasteiger partial charge in [0.15, 0.2) is 0 Å². The van der Waals surface area contributed by atoms with Crippen LogP contribution >= 0.6 is 11.3 Å². The first kappa shape index (κ1) is 11.7. The molecular weight excluding hydrogens is 252 g/mol. The van der Waals surface area contributed by atoms with Crippen molar-refractivity contribution in [3.8, 4) is 0 Å². The molecule has 19 heavy (non-hydrogen) atoms. The second-order valence-electron chi connectivity index (χ2n) is 5.84. The van der Waals surface area contributed by atoms with Gasteiger partial charge in [-0.1, -0.05) is 0 Å². The fraction of sp³-hybridized carbons (Fsp3) is 0.500. The first-order valence-corrected chi connectivity index (χ1v) is 8.24. The summed E-state index contributed by atoms with van der Waals surface area (Å²) in [6, 6.07) is 9.88. The molecule has 2 heterocycles. The summed E-state index contributed by atoms with van der Waals surface area (Å²) in [6.07, 6.45) is 4.11. The third-order valence-electron chi connectivity index (χ3n) is 4.42. The number of nitrogens with zero attached hydrogens (tertiary/aromatic N) is 1. The zero-order valence-corrected chi connectivity index (χ0v) is 12.0. The van der Waals surface area contributed by atoms with Crippen LogP contribution in [0.1, 0.15) is 19.3 Å². The minimum atomic E-state index is 0.709. The summed E-state index contributed by atoms with van der Waals surface area (Å²) in [5, 5.41) is 7.31. The molecule has 1 atom stereocenters. The Morgan fingerprint density at radius 1 is 1.21 bits per heavy atom. The molecule has 3 heteroatoms. The Hall–Kier alpha value is -1.06. The molecule has 2 aromatic rings. The minimum absolute atomic E-state index is 0.709. The van der Waals surface area contributed by atoms with E-state index in [9.17, 15) is 0 Å². The minimum Gasteiger partial charge on any atom is -0.370 e. The van der Waals surface area contributed by atoms with Crippen molar-refractivity contribution in [1.82, 2.24) is 5.32 Å². The molecule has 1 saturated carbocycles. The van der Waals surface area contributed by atoms with Crippen molar-refractivity contribution in [3.63, 3.8) is 0 Å². The summed E-state index contributed by atoms with van der Waals surface area (Å²) >= 11 is 1.83. The van der Waals surface area contributed by atoms with Gasteiger partial charge in [0, 0.05) is 29.5 Å². The van der Waals surface area contributed by atoms with Crippen LogP contribution < -0.4 is 10.2 Å². The molecule has 1 aliphatic carbocycles. The zero-order chi connectivity index (χ0) is 12.7. The second kappa shape index (κ2) is 4.80. The third-order valence-corrected chi connectivity index (χ3v) is 5.32. The van der Waals surface area contributed by atoms with Crippen LogP contribution in [0.4, 0.5) is 5.69 Å². The van der Waals surface area contributed by atoms with Crippen LogP contribution in [0.15, 0.2) is 29.6 Å². The molecule has 0 radical (unpaired) electrons. The van der Waals surface area contributed by atoms with E-state index in [1.165, 1.54) is 54.7 Å². The average molecular weight is 272 g/mol. The largest absolute Gasteiger partial charge is 0.370 e. The van der Waals surface area contributed by atoms with Crippen LogP contribution in [0.25, 0.3) is 10.1 Å².